The molecular weight excluding hydrogens is 354 g/mol. The zero-order valence-electron chi connectivity index (χ0n) is 16.3. The van der Waals surface area contributed by atoms with Crippen LogP contribution in [0.3, 0.4) is 0 Å². The molecule has 2 unspecified atom stereocenters. The summed E-state index contributed by atoms with van der Waals surface area (Å²) in [4.78, 5) is 26.8. The second kappa shape index (κ2) is 6.08. The van der Waals surface area contributed by atoms with Crippen molar-refractivity contribution in [2.24, 2.45) is 17.1 Å². The lowest BCUT2D eigenvalue weighted by Crippen LogP contribution is -2.35. The lowest BCUT2D eigenvalue weighted by atomic mass is 9.81. The van der Waals surface area contributed by atoms with Crippen LogP contribution in [0, 0.1) is 18.3 Å². The van der Waals surface area contributed by atoms with Gasteiger partial charge in [-0.25, -0.2) is 4.79 Å². The van der Waals surface area contributed by atoms with Crippen LogP contribution >= 0.6 is 0 Å². The van der Waals surface area contributed by atoms with Crippen molar-refractivity contribution >= 4 is 22.6 Å². The van der Waals surface area contributed by atoms with Crippen molar-refractivity contribution in [3.8, 4) is 0 Å². The van der Waals surface area contributed by atoms with Gasteiger partial charge in [-0.05, 0) is 62.8 Å². The van der Waals surface area contributed by atoms with E-state index in [-0.39, 0.29) is 16.4 Å². The van der Waals surface area contributed by atoms with Crippen molar-refractivity contribution in [3.05, 3.63) is 39.7 Å². The van der Waals surface area contributed by atoms with E-state index in [1.807, 2.05) is 16.7 Å². The standard InChI is InChI=1S/C22H27N3O3/c1-13-18(24-9-14-3-2-8-22(14,11-23)12-24)7-6-16-19(13)25(15-4-5-15)10-17(20(16)26)21(27)28/h6-7,10,14-15H,2-5,8-9,11-12,23H2,1H3,(H,27,28). The Morgan fingerprint density at radius 1 is 1.32 bits per heavy atom. The quantitative estimate of drug-likeness (QED) is 0.850. The van der Waals surface area contributed by atoms with Crippen molar-refractivity contribution in [2.75, 3.05) is 24.5 Å². The van der Waals surface area contributed by atoms with E-state index in [4.69, 9.17) is 5.73 Å². The van der Waals surface area contributed by atoms with Crippen LogP contribution in [0.4, 0.5) is 5.69 Å². The van der Waals surface area contributed by atoms with Crippen molar-refractivity contribution in [3.63, 3.8) is 0 Å². The molecule has 0 spiro atoms. The van der Waals surface area contributed by atoms with Gasteiger partial charge >= 0.3 is 5.97 Å². The summed E-state index contributed by atoms with van der Waals surface area (Å²) in [5.41, 5.74) is 9.03. The highest BCUT2D eigenvalue weighted by atomic mass is 16.4. The number of hydrogen-bond donors (Lipinski definition) is 2. The lowest BCUT2D eigenvalue weighted by molar-refractivity contribution is 0.0695. The van der Waals surface area contributed by atoms with Crippen LogP contribution in [0.1, 0.15) is 54.1 Å². The predicted molar refractivity (Wildman–Crippen MR) is 109 cm³/mol. The summed E-state index contributed by atoms with van der Waals surface area (Å²) < 4.78 is 2.04. The van der Waals surface area contributed by atoms with E-state index in [1.165, 1.54) is 19.3 Å². The van der Waals surface area contributed by atoms with Crippen LogP contribution in [0.5, 0.6) is 0 Å². The molecule has 1 aliphatic heterocycles. The average Bonchev–Trinajstić information content (AvgIpc) is 3.34. The number of rotatable bonds is 4. The normalized spacial score (nSPS) is 26.8. The van der Waals surface area contributed by atoms with Crippen LogP contribution in [0.2, 0.25) is 0 Å². The van der Waals surface area contributed by atoms with Gasteiger partial charge in [0.25, 0.3) is 0 Å². The molecule has 1 aromatic carbocycles. The molecule has 6 nitrogen and oxygen atoms in total. The molecular formula is C22H27N3O3. The third-order valence-electron chi connectivity index (χ3n) is 7.38. The molecule has 3 N–H and O–H groups in total. The molecule has 2 saturated carbocycles. The highest BCUT2D eigenvalue weighted by Crippen LogP contribution is 2.49. The van der Waals surface area contributed by atoms with Gasteiger partial charge in [-0.15, -0.1) is 0 Å². The fraction of sp³-hybridized carbons (Fsp3) is 0.545. The lowest BCUT2D eigenvalue weighted by Gasteiger charge is -2.28. The van der Waals surface area contributed by atoms with E-state index in [2.05, 4.69) is 11.8 Å². The van der Waals surface area contributed by atoms with Crippen molar-refractivity contribution in [1.29, 1.82) is 0 Å². The molecule has 5 rings (SSSR count). The number of aromatic carboxylic acids is 1. The molecule has 2 atom stereocenters. The number of hydrogen-bond acceptors (Lipinski definition) is 4. The highest BCUT2D eigenvalue weighted by Gasteiger charge is 2.48. The maximum absolute atomic E-state index is 12.8. The molecule has 3 fully saturated rings. The number of nitrogens with two attached hydrogens (primary N) is 1. The van der Waals surface area contributed by atoms with Crippen LogP contribution in [0.15, 0.2) is 23.1 Å². The van der Waals surface area contributed by atoms with Gasteiger partial charge in [0.1, 0.15) is 5.56 Å². The third-order valence-corrected chi connectivity index (χ3v) is 7.38. The second-order valence-corrected chi connectivity index (χ2v) is 8.96. The number of nitrogens with zero attached hydrogens (tertiary/aromatic N) is 2. The van der Waals surface area contributed by atoms with Crippen molar-refractivity contribution in [1.82, 2.24) is 4.57 Å². The Morgan fingerprint density at radius 3 is 2.75 bits per heavy atom. The van der Waals surface area contributed by atoms with Gasteiger partial charge in [-0.2, -0.15) is 0 Å². The summed E-state index contributed by atoms with van der Waals surface area (Å²) in [7, 11) is 0. The van der Waals surface area contributed by atoms with E-state index in [1.54, 1.807) is 6.20 Å². The number of carboxylic acid groups (broad SMARTS) is 1. The SMILES string of the molecule is Cc1c(N2CC3CCCC3(CN)C2)ccc2c(=O)c(C(=O)O)cn(C3CC3)c12. The Labute approximate surface area is 163 Å². The van der Waals surface area contributed by atoms with Gasteiger partial charge in [0, 0.05) is 41.8 Å². The largest absolute Gasteiger partial charge is 0.477 e. The first kappa shape index (κ1) is 17.7. The van der Waals surface area contributed by atoms with Gasteiger partial charge in [-0.3, -0.25) is 4.79 Å². The molecule has 0 amide bonds. The molecule has 1 saturated heterocycles. The first-order valence-corrected chi connectivity index (χ1v) is 10.3. The minimum Gasteiger partial charge on any atom is -0.477 e. The minimum atomic E-state index is -1.15. The molecule has 28 heavy (non-hydrogen) atoms. The minimum absolute atomic E-state index is 0.135. The zero-order valence-corrected chi connectivity index (χ0v) is 16.3. The van der Waals surface area contributed by atoms with E-state index in [0.717, 1.165) is 49.2 Å². The smallest absolute Gasteiger partial charge is 0.341 e. The van der Waals surface area contributed by atoms with E-state index >= 15 is 0 Å². The number of pyridine rings is 1. The predicted octanol–water partition coefficient (Wildman–Crippen LogP) is 2.91. The summed E-state index contributed by atoms with van der Waals surface area (Å²) in [6, 6.07) is 4.13. The number of aromatic nitrogens is 1. The van der Waals surface area contributed by atoms with Crippen LogP contribution < -0.4 is 16.1 Å². The van der Waals surface area contributed by atoms with Crippen LogP contribution in [0.25, 0.3) is 10.9 Å². The molecule has 6 heteroatoms. The summed E-state index contributed by atoms with van der Waals surface area (Å²) in [5, 5.41) is 9.98. The summed E-state index contributed by atoms with van der Waals surface area (Å²) >= 11 is 0. The number of aryl methyl sites for hydroxylation is 1. The number of benzene rings is 1. The molecule has 0 bridgehead atoms. The summed E-state index contributed by atoms with van der Waals surface area (Å²) in [6.07, 6.45) is 7.33. The van der Waals surface area contributed by atoms with E-state index < -0.39 is 5.97 Å². The van der Waals surface area contributed by atoms with Gasteiger partial charge in [-0.1, -0.05) is 6.42 Å². The molecule has 2 aromatic rings. The molecule has 3 aliphatic rings. The molecule has 2 aliphatic carbocycles. The first-order valence-electron chi connectivity index (χ1n) is 10.3. The van der Waals surface area contributed by atoms with Crippen LogP contribution in [-0.2, 0) is 0 Å². The monoisotopic (exact) mass is 381 g/mol. The van der Waals surface area contributed by atoms with E-state index in [0.29, 0.717) is 17.3 Å². The fourth-order valence-corrected chi connectivity index (χ4v) is 5.68. The van der Waals surface area contributed by atoms with Gasteiger partial charge in [0.05, 0.1) is 5.52 Å². The highest BCUT2D eigenvalue weighted by molar-refractivity contribution is 5.95. The molecule has 1 aromatic heterocycles. The van der Waals surface area contributed by atoms with Gasteiger partial charge in [0.15, 0.2) is 0 Å². The van der Waals surface area contributed by atoms with Gasteiger partial charge < -0.3 is 20.3 Å². The zero-order chi connectivity index (χ0) is 19.6. The molecule has 0 radical (unpaired) electrons. The fourth-order valence-electron chi connectivity index (χ4n) is 5.68. The molecule has 2 heterocycles. The third kappa shape index (κ3) is 2.43. The Kier molecular flexibility index (Phi) is 3.85. The summed E-state index contributed by atoms with van der Waals surface area (Å²) in [5.74, 6) is -0.507. The Balaban J connectivity index is 1.66. The van der Waals surface area contributed by atoms with Crippen LogP contribution in [-0.4, -0.2) is 35.3 Å². The summed E-state index contributed by atoms with van der Waals surface area (Å²) in [6.45, 7) is 4.79. The second-order valence-electron chi connectivity index (χ2n) is 8.96. The average molecular weight is 381 g/mol. The van der Waals surface area contributed by atoms with Crippen molar-refractivity contribution < 1.29 is 9.90 Å². The topological polar surface area (TPSA) is 88.6 Å². The van der Waals surface area contributed by atoms with E-state index in [9.17, 15) is 14.7 Å². The number of fused-ring (bicyclic) bond motifs is 2. The number of carbonyl (C=O) groups is 1. The Morgan fingerprint density at radius 2 is 2.11 bits per heavy atom. The maximum atomic E-state index is 12.8. The Bertz CT molecular complexity index is 1040. The van der Waals surface area contributed by atoms with Gasteiger partial charge in [0.2, 0.25) is 5.43 Å². The first-order chi connectivity index (χ1) is 13.4. The number of carboxylic acids is 1. The Hall–Kier alpha value is -2.34. The maximum Gasteiger partial charge on any atom is 0.341 e. The molecule has 148 valence electrons. The number of anilines is 1. The van der Waals surface area contributed by atoms with Crippen molar-refractivity contribution in [2.45, 2.75) is 45.1 Å².